The summed E-state index contributed by atoms with van der Waals surface area (Å²) in [6.45, 7) is 4.63. The van der Waals surface area contributed by atoms with Crippen molar-refractivity contribution in [2.24, 2.45) is 0 Å². The minimum Gasteiger partial charge on any atom is -0.309 e. The molecule has 0 saturated heterocycles. The van der Waals surface area contributed by atoms with Crippen molar-refractivity contribution < 1.29 is 0 Å². The number of hydrogen-bond donors (Lipinski definition) is 0. The highest BCUT2D eigenvalue weighted by atomic mass is 28.1. The van der Waals surface area contributed by atoms with Gasteiger partial charge >= 0.3 is 0 Å². The van der Waals surface area contributed by atoms with Gasteiger partial charge in [0, 0.05) is 26.7 Å². The molecule has 1 nitrogen and oxygen atoms in total. The van der Waals surface area contributed by atoms with E-state index in [9.17, 15) is 0 Å². The molecule has 0 aliphatic carbocycles. The zero-order chi connectivity index (χ0) is 17.4. The van der Waals surface area contributed by atoms with E-state index in [1.807, 2.05) is 0 Å². The molecule has 0 aliphatic rings. The molecule has 25 heavy (non-hydrogen) atoms. The number of para-hydroxylation sites is 2. The highest BCUT2D eigenvalue weighted by molar-refractivity contribution is 6.16. The second-order valence-corrected chi connectivity index (χ2v) is 9.10. The molecule has 0 atom stereocenters. The third kappa shape index (κ3) is 2.52. The highest BCUT2D eigenvalue weighted by Gasteiger charge is 2.22. The summed E-state index contributed by atoms with van der Waals surface area (Å²) in [4.78, 5) is 0. The van der Waals surface area contributed by atoms with Crippen LogP contribution < -0.4 is 0 Å². The van der Waals surface area contributed by atoms with Crippen LogP contribution in [0, 0.1) is 0 Å². The molecule has 0 spiro atoms. The third-order valence-electron chi connectivity index (χ3n) is 5.96. The summed E-state index contributed by atoms with van der Waals surface area (Å²) >= 11 is 0. The number of aromatic nitrogens is 1. The van der Waals surface area contributed by atoms with E-state index in [1.54, 1.807) is 0 Å². The molecule has 4 rings (SSSR count). The van der Waals surface area contributed by atoms with Crippen LogP contribution in [0.25, 0.3) is 27.5 Å². The van der Waals surface area contributed by atoms with Gasteiger partial charge in [0.05, 0.1) is 11.0 Å². The first-order chi connectivity index (χ1) is 12.2. The van der Waals surface area contributed by atoms with Crippen LogP contribution in [0.2, 0.25) is 0 Å². The Kier molecular flexibility index (Phi) is 4.01. The van der Waals surface area contributed by atoms with Gasteiger partial charge in [-0.25, -0.2) is 0 Å². The second-order valence-electron chi connectivity index (χ2n) is 7.18. The standard InChI is InChI=1S/C23H25NSi/c1-3-23(25,4-2)17-13-15-18(16-14-17)24-21-11-7-5-9-19(21)20-10-6-8-12-22(20)24/h5-16H,3-4H2,1-2,25H3. The quantitative estimate of drug-likeness (QED) is 0.451. The molecule has 0 fully saturated rings. The van der Waals surface area contributed by atoms with Gasteiger partial charge in [-0.05, 0) is 47.7 Å². The van der Waals surface area contributed by atoms with Crippen LogP contribution >= 0.6 is 0 Å². The van der Waals surface area contributed by atoms with E-state index in [0.717, 1.165) is 0 Å². The molecule has 0 radical (unpaired) electrons. The maximum absolute atomic E-state index is 2.39. The largest absolute Gasteiger partial charge is 0.309 e. The van der Waals surface area contributed by atoms with Crippen molar-refractivity contribution in [3.05, 3.63) is 78.4 Å². The van der Waals surface area contributed by atoms with Crippen molar-refractivity contribution in [3.63, 3.8) is 0 Å². The molecule has 1 heterocycles. The Morgan fingerprint density at radius 2 is 1.20 bits per heavy atom. The van der Waals surface area contributed by atoms with Crippen molar-refractivity contribution in [1.29, 1.82) is 0 Å². The molecular weight excluding hydrogens is 318 g/mol. The fraction of sp³-hybridized carbons (Fsp3) is 0.217. The summed E-state index contributed by atoms with van der Waals surface area (Å²) in [6.07, 6.45) is 2.45. The lowest BCUT2D eigenvalue weighted by atomic mass is 9.92. The predicted molar refractivity (Wildman–Crippen MR) is 113 cm³/mol. The Morgan fingerprint density at radius 3 is 1.68 bits per heavy atom. The topological polar surface area (TPSA) is 4.93 Å². The molecule has 0 bridgehead atoms. The third-order valence-corrected chi connectivity index (χ3v) is 7.95. The molecular formula is C23H25NSi. The van der Waals surface area contributed by atoms with Crippen LogP contribution in [0.4, 0.5) is 0 Å². The lowest BCUT2D eigenvalue weighted by Crippen LogP contribution is -2.24. The van der Waals surface area contributed by atoms with Gasteiger partial charge in [-0.2, -0.15) is 0 Å². The zero-order valence-corrected chi connectivity index (χ0v) is 17.3. The molecule has 0 saturated carbocycles. The van der Waals surface area contributed by atoms with Crippen LogP contribution in [0.15, 0.2) is 72.8 Å². The average Bonchev–Trinajstić information content (AvgIpc) is 3.02. The number of benzene rings is 3. The average molecular weight is 344 g/mol. The van der Waals surface area contributed by atoms with Crippen LogP contribution in [0.3, 0.4) is 0 Å². The van der Waals surface area contributed by atoms with Crippen molar-refractivity contribution in [3.8, 4) is 5.69 Å². The van der Waals surface area contributed by atoms with E-state index in [0.29, 0.717) is 5.04 Å². The van der Waals surface area contributed by atoms with E-state index < -0.39 is 0 Å². The zero-order valence-electron chi connectivity index (χ0n) is 15.3. The molecule has 0 aliphatic heterocycles. The smallest absolute Gasteiger partial charge is 0.0541 e. The molecule has 3 aromatic carbocycles. The van der Waals surface area contributed by atoms with E-state index in [1.165, 1.54) is 56.1 Å². The highest BCUT2D eigenvalue weighted by Crippen LogP contribution is 2.33. The molecule has 0 N–H and O–H groups in total. The van der Waals surface area contributed by atoms with E-state index in [2.05, 4.69) is 91.2 Å². The summed E-state index contributed by atoms with van der Waals surface area (Å²) in [7, 11) is 1.20. The van der Waals surface area contributed by atoms with Crippen LogP contribution in [-0.4, -0.2) is 14.8 Å². The van der Waals surface area contributed by atoms with Gasteiger partial charge in [-0.3, -0.25) is 0 Å². The normalized spacial score (nSPS) is 12.2. The second kappa shape index (κ2) is 6.20. The predicted octanol–water partition coefficient (Wildman–Crippen LogP) is 5.16. The summed E-state index contributed by atoms with van der Waals surface area (Å²) in [5.41, 5.74) is 5.30. The molecule has 4 aromatic rings. The lowest BCUT2D eigenvalue weighted by Gasteiger charge is -2.27. The molecule has 2 heteroatoms. The number of rotatable bonds is 4. The summed E-state index contributed by atoms with van der Waals surface area (Å²) in [5.74, 6) is 0. The SMILES string of the molecule is CCC([SiH3])(CC)c1ccc(-n2c3ccccc3c3ccccc32)cc1. The van der Waals surface area contributed by atoms with Gasteiger partial charge < -0.3 is 4.57 Å². The number of nitrogens with zero attached hydrogens (tertiary/aromatic N) is 1. The van der Waals surface area contributed by atoms with Gasteiger partial charge in [-0.15, -0.1) is 0 Å². The Labute approximate surface area is 152 Å². The molecule has 126 valence electrons. The molecule has 1 aromatic heterocycles. The first-order valence-corrected chi connectivity index (χ1v) is 10.3. The summed E-state index contributed by atoms with van der Waals surface area (Å²) in [5, 5.41) is 3.04. The van der Waals surface area contributed by atoms with Gasteiger partial charge in [0.25, 0.3) is 0 Å². The van der Waals surface area contributed by atoms with Crippen molar-refractivity contribution in [1.82, 2.24) is 4.57 Å². The van der Waals surface area contributed by atoms with E-state index >= 15 is 0 Å². The maximum Gasteiger partial charge on any atom is 0.0541 e. The fourth-order valence-corrected chi connectivity index (χ4v) is 4.21. The summed E-state index contributed by atoms with van der Waals surface area (Å²) in [6, 6.07) is 26.7. The van der Waals surface area contributed by atoms with Crippen LogP contribution in [-0.2, 0) is 5.04 Å². The maximum atomic E-state index is 2.39. The van der Waals surface area contributed by atoms with Crippen LogP contribution in [0.5, 0.6) is 0 Å². The Balaban J connectivity index is 1.92. The van der Waals surface area contributed by atoms with Crippen molar-refractivity contribution >= 4 is 32.0 Å². The Bertz CT molecular complexity index is 970. The number of fused-ring (bicyclic) bond motifs is 3. The van der Waals surface area contributed by atoms with Crippen molar-refractivity contribution in [2.45, 2.75) is 31.7 Å². The van der Waals surface area contributed by atoms with E-state index in [-0.39, 0.29) is 0 Å². The first kappa shape index (κ1) is 16.2. The Hall–Kier alpha value is -2.32. The minimum atomic E-state index is 0.402. The Morgan fingerprint density at radius 1 is 0.720 bits per heavy atom. The minimum absolute atomic E-state index is 0.402. The number of hydrogen-bond acceptors (Lipinski definition) is 0. The van der Waals surface area contributed by atoms with Gasteiger partial charge in [0.2, 0.25) is 0 Å². The fourth-order valence-electron chi connectivity index (χ4n) is 3.87. The van der Waals surface area contributed by atoms with Gasteiger partial charge in [-0.1, -0.05) is 62.4 Å². The monoisotopic (exact) mass is 343 g/mol. The molecule has 0 amide bonds. The van der Waals surface area contributed by atoms with Gasteiger partial charge in [0.1, 0.15) is 0 Å². The first-order valence-electron chi connectivity index (χ1n) is 9.27. The van der Waals surface area contributed by atoms with Crippen LogP contribution in [0.1, 0.15) is 32.3 Å². The lowest BCUT2D eigenvalue weighted by molar-refractivity contribution is 0.565. The van der Waals surface area contributed by atoms with E-state index in [4.69, 9.17) is 0 Å². The van der Waals surface area contributed by atoms with Gasteiger partial charge in [0.15, 0.2) is 0 Å². The summed E-state index contributed by atoms with van der Waals surface area (Å²) < 4.78 is 2.39. The van der Waals surface area contributed by atoms with Crippen molar-refractivity contribution in [2.75, 3.05) is 0 Å². The molecule has 0 unspecified atom stereocenters.